The molecule has 2 N–H and O–H groups in total. The van der Waals surface area contributed by atoms with Crippen molar-refractivity contribution in [1.29, 1.82) is 0 Å². The SMILES string of the molecule is Cc1cc(=O)c(O)c(C2(CC(=O)NCC(C)(C)N3CCOCC3)CCSCC2)o1. The fraction of sp³-hybridized carbons (Fsp3) is 0.714. The van der Waals surface area contributed by atoms with Gasteiger partial charge in [-0.2, -0.15) is 11.8 Å². The van der Waals surface area contributed by atoms with Crippen molar-refractivity contribution in [2.24, 2.45) is 0 Å². The summed E-state index contributed by atoms with van der Waals surface area (Å²) in [4.78, 5) is 27.4. The standard InChI is InChI=1S/C21H32N2O5S/c1-15-12-16(24)18(26)19(28-15)21(4-10-29-11-5-21)13-17(25)22-14-20(2,3)23-6-8-27-9-7-23/h12,26H,4-11,13-14H2,1-3H3,(H,22,25). The van der Waals surface area contributed by atoms with Gasteiger partial charge >= 0.3 is 0 Å². The minimum atomic E-state index is -0.645. The quantitative estimate of drug-likeness (QED) is 0.722. The molecule has 0 bridgehead atoms. The molecule has 0 atom stereocenters. The Kier molecular flexibility index (Phi) is 6.96. The van der Waals surface area contributed by atoms with E-state index in [9.17, 15) is 14.7 Å². The number of hydrogen-bond donors (Lipinski definition) is 2. The van der Waals surface area contributed by atoms with E-state index < -0.39 is 10.8 Å². The van der Waals surface area contributed by atoms with Gasteiger partial charge in [-0.1, -0.05) is 0 Å². The maximum Gasteiger partial charge on any atom is 0.227 e. The number of aryl methyl sites for hydroxylation is 1. The smallest absolute Gasteiger partial charge is 0.227 e. The van der Waals surface area contributed by atoms with Gasteiger partial charge in [0.25, 0.3) is 0 Å². The lowest BCUT2D eigenvalue weighted by Crippen LogP contribution is -2.55. The number of nitrogens with one attached hydrogen (secondary N) is 1. The summed E-state index contributed by atoms with van der Waals surface area (Å²) < 4.78 is 11.2. The van der Waals surface area contributed by atoms with Gasteiger partial charge < -0.3 is 19.6 Å². The van der Waals surface area contributed by atoms with Crippen LogP contribution in [0.5, 0.6) is 5.75 Å². The van der Waals surface area contributed by atoms with Crippen LogP contribution in [-0.2, 0) is 14.9 Å². The Morgan fingerprint density at radius 3 is 2.62 bits per heavy atom. The van der Waals surface area contributed by atoms with Crippen molar-refractivity contribution in [2.75, 3.05) is 44.4 Å². The van der Waals surface area contributed by atoms with Gasteiger partial charge in [0.1, 0.15) is 5.76 Å². The van der Waals surface area contributed by atoms with Crippen molar-refractivity contribution in [2.45, 2.75) is 51.0 Å². The van der Waals surface area contributed by atoms with Gasteiger partial charge in [0, 0.05) is 43.1 Å². The van der Waals surface area contributed by atoms with E-state index in [0.29, 0.717) is 38.4 Å². The second-order valence-electron chi connectivity index (χ2n) is 8.66. The summed E-state index contributed by atoms with van der Waals surface area (Å²) in [6.45, 7) is 9.60. The minimum absolute atomic E-state index is 0.0817. The van der Waals surface area contributed by atoms with Crippen LogP contribution in [0, 0.1) is 6.92 Å². The molecule has 1 aromatic rings. The first kappa shape index (κ1) is 22.2. The van der Waals surface area contributed by atoms with Gasteiger partial charge in [-0.25, -0.2) is 0 Å². The van der Waals surface area contributed by atoms with E-state index in [1.54, 1.807) is 6.92 Å². The molecule has 0 aliphatic carbocycles. The number of carbonyl (C=O) groups excluding carboxylic acids is 1. The molecule has 0 unspecified atom stereocenters. The molecule has 0 spiro atoms. The first-order valence-corrected chi connectivity index (χ1v) is 11.4. The maximum atomic E-state index is 12.9. The van der Waals surface area contributed by atoms with Crippen molar-refractivity contribution in [3.8, 4) is 5.75 Å². The zero-order valence-corrected chi connectivity index (χ0v) is 18.4. The summed E-state index contributed by atoms with van der Waals surface area (Å²) >= 11 is 1.82. The lowest BCUT2D eigenvalue weighted by molar-refractivity contribution is -0.123. The third kappa shape index (κ3) is 5.16. The monoisotopic (exact) mass is 424 g/mol. The highest BCUT2D eigenvalue weighted by Gasteiger charge is 2.42. The van der Waals surface area contributed by atoms with Crippen LogP contribution in [0.15, 0.2) is 15.3 Å². The molecule has 0 saturated carbocycles. The predicted octanol–water partition coefficient (Wildman–Crippen LogP) is 2.04. The number of nitrogens with zero attached hydrogens (tertiary/aromatic N) is 1. The summed E-state index contributed by atoms with van der Waals surface area (Å²) in [5.41, 5.74) is -1.27. The van der Waals surface area contributed by atoms with Crippen LogP contribution in [0.1, 0.15) is 44.6 Å². The Morgan fingerprint density at radius 1 is 1.31 bits per heavy atom. The Bertz CT molecular complexity index is 780. The normalized spacial score (nSPS) is 20.4. The van der Waals surface area contributed by atoms with Crippen molar-refractivity contribution in [1.82, 2.24) is 10.2 Å². The molecule has 162 valence electrons. The average molecular weight is 425 g/mol. The van der Waals surface area contributed by atoms with E-state index in [2.05, 4.69) is 24.1 Å². The molecule has 0 aromatic carbocycles. The topological polar surface area (TPSA) is 92.0 Å². The van der Waals surface area contributed by atoms with Crippen molar-refractivity contribution < 1.29 is 19.1 Å². The Morgan fingerprint density at radius 2 is 1.97 bits per heavy atom. The molecule has 1 aromatic heterocycles. The number of thioether (sulfide) groups is 1. The number of ether oxygens (including phenoxy) is 1. The van der Waals surface area contributed by atoms with Crippen molar-refractivity contribution in [3.63, 3.8) is 0 Å². The van der Waals surface area contributed by atoms with Gasteiger partial charge in [0.2, 0.25) is 17.1 Å². The fourth-order valence-corrected chi connectivity index (χ4v) is 5.45. The average Bonchev–Trinajstić information content (AvgIpc) is 2.70. The second-order valence-corrected chi connectivity index (χ2v) is 9.88. The molecule has 3 rings (SSSR count). The summed E-state index contributed by atoms with van der Waals surface area (Å²) in [6, 6.07) is 1.29. The summed E-state index contributed by atoms with van der Waals surface area (Å²) in [7, 11) is 0. The summed E-state index contributed by atoms with van der Waals surface area (Å²) in [5, 5.41) is 13.5. The van der Waals surface area contributed by atoms with Gasteiger partial charge in [-0.05, 0) is 45.1 Å². The molecular weight excluding hydrogens is 392 g/mol. The van der Waals surface area contributed by atoms with Crippen LogP contribution in [0.25, 0.3) is 0 Å². The van der Waals surface area contributed by atoms with Gasteiger partial charge in [-0.3, -0.25) is 14.5 Å². The van der Waals surface area contributed by atoms with E-state index in [-0.39, 0.29) is 29.4 Å². The molecule has 0 radical (unpaired) electrons. The minimum Gasteiger partial charge on any atom is -0.502 e. The van der Waals surface area contributed by atoms with Crippen LogP contribution in [0.4, 0.5) is 0 Å². The molecule has 29 heavy (non-hydrogen) atoms. The van der Waals surface area contributed by atoms with Gasteiger partial charge in [-0.15, -0.1) is 0 Å². The molecule has 8 heteroatoms. The van der Waals surface area contributed by atoms with Crippen LogP contribution in [0.3, 0.4) is 0 Å². The van der Waals surface area contributed by atoms with Crippen LogP contribution in [-0.4, -0.2) is 65.8 Å². The first-order chi connectivity index (χ1) is 13.7. The third-order valence-electron chi connectivity index (χ3n) is 6.06. The van der Waals surface area contributed by atoms with E-state index >= 15 is 0 Å². The molecule has 2 saturated heterocycles. The maximum absolute atomic E-state index is 12.9. The molecule has 2 fully saturated rings. The molecule has 2 aliphatic heterocycles. The Labute approximate surface area is 176 Å². The predicted molar refractivity (Wildman–Crippen MR) is 114 cm³/mol. The van der Waals surface area contributed by atoms with E-state index in [4.69, 9.17) is 9.15 Å². The highest BCUT2D eigenvalue weighted by Crippen LogP contribution is 2.44. The van der Waals surface area contributed by atoms with Crippen LogP contribution < -0.4 is 10.7 Å². The number of aromatic hydroxyl groups is 1. The first-order valence-electron chi connectivity index (χ1n) is 10.2. The summed E-state index contributed by atoms with van der Waals surface area (Å²) in [5.74, 6) is 2.01. The number of amides is 1. The molecular formula is C21H32N2O5S. The van der Waals surface area contributed by atoms with Crippen molar-refractivity contribution >= 4 is 17.7 Å². The number of carbonyl (C=O) groups is 1. The largest absolute Gasteiger partial charge is 0.502 e. The number of rotatable bonds is 6. The van der Waals surface area contributed by atoms with E-state index in [1.807, 2.05) is 11.8 Å². The molecule has 3 heterocycles. The number of hydrogen-bond acceptors (Lipinski definition) is 7. The zero-order valence-electron chi connectivity index (χ0n) is 17.6. The Balaban J connectivity index is 1.74. The fourth-order valence-electron chi connectivity index (χ4n) is 4.17. The molecule has 1 amide bonds. The van der Waals surface area contributed by atoms with Crippen molar-refractivity contribution in [3.05, 3.63) is 27.8 Å². The van der Waals surface area contributed by atoms with E-state index in [0.717, 1.165) is 24.6 Å². The zero-order chi connectivity index (χ0) is 21.1. The Hall–Kier alpha value is -1.51. The van der Waals surface area contributed by atoms with Crippen LogP contribution in [0.2, 0.25) is 0 Å². The van der Waals surface area contributed by atoms with Crippen LogP contribution >= 0.6 is 11.8 Å². The lowest BCUT2D eigenvalue weighted by Gasteiger charge is -2.41. The lowest BCUT2D eigenvalue weighted by atomic mass is 9.75. The highest BCUT2D eigenvalue weighted by molar-refractivity contribution is 7.99. The molecule has 7 nitrogen and oxygen atoms in total. The number of morpholine rings is 1. The van der Waals surface area contributed by atoms with Gasteiger partial charge in [0.15, 0.2) is 5.76 Å². The van der Waals surface area contributed by atoms with Gasteiger partial charge in [0.05, 0.1) is 13.2 Å². The molecule has 2 aliphatic rings. The van der Waals surface area contributed by atoms with E-state index in [1.165, 1.54) is 6.07 Å². The highest BCUT2D eigenvalue weighted by atomic mass is 32.2. The summed E-state index contributed by atoms with van der Waals surface area (Å²) in [6.07, 6.45) is 1.59. The second kappa shape index (κ2) is 9.10. The third-order valence-corrected chi connectivity index (χ3v) is 7.05.